The highest BCUT2D eigenvalue weighted by molar-refractivity contribution is 7.80. The number of hydrogen-bond acceptors (Lipinski definition) is 3. The second kappa shape index (κ2) is 7.00. The predicted molar refractivity (Wildman–Crippen MR) is 93.5 cm³/mol. The number of rotatable bonds is 2. The minimum Gasteiger partial charge on any atom is -0.331 e. The van der Waals surface area contributed by atoms with Gasteiger partial charge in [-0.05, 0) is 48.6 Å². The molecule has 2 aromatic heterocycles. The van der Waals surface area contributed by atoms with Crippen molar-refractivity contribution < 1.29 is 18.0 Å². The molecule has 0 bridgehead atoms. The van der Waals surface area contributed by atoms with Crippen molar-refractivity contribution in [2.24, 2.45) is 0 Å². The summed E-state index contributed by atoms with van der Waals surface area (Å²) >= 11 is 4.99. The molecule has 10 heteroatoms. The largest absolute Gasteiger partial charge is 0.416 e. The third-order valence-corrected chi connectivity index (χ3v) is 3.56. The summed E-state index contributed by atoms with van der Waals surface area (Å²) in [6.45, 7) is 0. The smallest absolute Gasteiger partial charge is 0.331 e. The molecule has 0 saturated heterocycles. The molecule has 0 aliphatic carbocycles. The molecule has 0 radical (unpaired) electrons. The monoisotopic (exact) mass is 379 g/mol. The highest BCUT2D eigenvalue weighted by Crippen LogP contribution is 2.29. The summed E-state index contributed by atoms with van der Waals surface area (Å²) in [6, 6.07) is 9.69. The van der Waals surface area contributed by atoms with Gasteiger partial charge in [0.15, 0.2) is 5.11 Å². The molecule has 0 spiro atoms. The van der Waals surface area contributed by atoms with E-state index in [1.807, 2.05) is 0 Å². The van der Waals surface area contributed by atoms with Crippen LogP contribution in [0.3, 0.4) is 0 Å². The number of carbonyl (C=O) groups is 1. The number of hydrogen-bond donors (Lipinski definition) is 3. The van der Waals surface area contributed by atoms with Gasteiger partial charge < -0.3 is 9.72 Å². The standard InChI is InChI=1S/C16H12F3N5OS/c17-16(18,19)10-4-6-11(7-5-10)20-15(26)23-22-14(25)12-9-24-8-2-1-3-13(24)21-12/h1-9H,(H,22,25)(H2,20,23,26). The summed E-state index contributed by atoms with van der Waals surface area (Å²) in [5, 5.41) is 2.68. The number of nitrogens with one attached hydrogen (secondary N) is 3. The van der Waals surface area contributed by atoms with Crippen molar-refractivity contribution in [1.82, 2.24) is 20.2 Å². The molecular weight excluding hydrogens is 367 g/mol. The third kappa shape index (κ3) is 4.09. The second-order valence-corrected chi connectivity index (χ2v) is 5.61. The number of pyridine rings is 1. The van der Waals surface area contributed by atoms with E-state index in [0.717, 1.165) is 12.1 Å². The molecule has 1 amide bonds. The quantitative estimate of drug-likeness (QED) is 0.472. The third-order valence-electron chi connectivity index (χ3n) is 3.36. The van der Waals surface area contributed by atoms with Gasteiger partial charge in [-0.2, -0.15) is 13.2 Å². The summed E-state index contributed by atoms with van der Waals surface area (Å²) < 4.78 is 39.2. The summed E-state index contributed by atoms with van der Waals surface area (Å²) in [5.74, 6) is -0.509. The number of alkyl halides is 3. The van der Waals surface area contributed by atoms with Gasteiger partial charge in [0.05, 0.1) is 5.56 Å². The van der Waals surface area contributed by atoms with Crippen LogP contribution in [0.4, 0.5) is 18.9 Å². The van der Waals surface area contributed by atoms with Gasteiger partial charge >= 0.3 is 6.18 Å². The number of hydrazine groups is 1. The van der Waals surface area contributed by atoms with Gasteiger partial charge in [0, 0.05) is 18.1 Å². The molecule has 0 aliphatic rings. The normalized spacial score (nSPS) is 11.2. The zero-order chi connectivity index (χ0) is 18.7. The average molecular weight is 379 g/mol. The van der Waals surface area contributed by atoms with E-state index in [9.17, 15) is 18.0 Å². The first-order valence-electron chi connectivity index (χ1n) is 7.31. The minimum atomic E-state index is -4.40. The Labute approximate surface area is 151 Å². The van der Waals surface area contributed by atoms with Gasteiger partial charge in [-0.15, -0.1) is 0 Å². The molecule has 0 saturated carbocycles. The number of thiocarbonyl (C=S) groups is 1. The predicted octanol–water partition coefficient (Wildman–Crippen LogP) is 2.98. The van der Waals surface area contributed by atoms with Crippen molar-refractivity contribution in [2.75, 3.05) is 5.32 Å². The van der Waals surface area contributed by atoms with Crippen LogP contribution in [0.1, 0.15) is 16.1 Å². The molecule has 26 heavy (non-hydrogen) atoms. The number of nitrogens with zero attached hydrogens (tertiary/aromatic N) is 2. The molecule has 6 nitrogen and oxygen atoms in total. The van der Waals surface area contributed by atoms with E-state index in [1.165, 1.54) is 12.1 Å². The first-order valence-corrected chi connectivity index (χ1v) is 7.72. The Kier molecular flexibility index (Phi) is 4.76. The van der Waals surface area contributed by atoms with Gasteiger partial charge in [0.25, 0.3) is 5.91 Å². The Morgan fingerprint density at radius 2 is 1.81 bits per heavy atom. The van der Waals surface area contributed by atoms with E-state index in [0.29, 0.717) is 11.3 Å². The number of aromatic nitrogens is 2. The number of benzene rings is 1. The molecule has 3 aromatic rings. The lowest BCUT2D eigenvalue weighted by Gasteiger charge is -2.12. The first-order chi connectivity index (χ1) is 12.3. The maximum atomic E-state index is 12.5. The molecule has 3 rings (SSSR count). The van der Waals surface area contributed by atoms with Crippen LogP contribution in [0.2, 0.25) is 0 Å². The molecule has 0 aliphatic heterocycles. The number of imidazole rings is 1. The molecule has 0 unspecified atom stereocenters. The van der Waals surface area contributed by atoms with Crippen molar-refractivity contribution in [3.8, 4) is 0 Å². The Morgan fingerprint density at radius 1 is 1.08 bits per heavy atom. The van der Waals surface area contributed by atoms with Gasteiger partial charge in [-0.3, -0.25) is 15.6 Å². The van der Waals surface area contributed by atoms with Crippen LogP contribution in [0.5, 0.6) is 0 Å². The Balaban J connectivity index is 1.55. The minimum absolute atomic E-state index is 0.0156. The van der Waals surface area contributed by atoms with Crippen molar-refractivity contribution in [1.29, 1.82) is 0 Å². The van der Waals surface area contributed by atoms with Crippen LogP contribution in [0.15, 0.2) is 54.9 Å². The van der Waals surface area contributed by atoms with E-state index in [2.05, 4.69) is 21.2 Å². The number of halogens is 3. The van der Waals surface area contributed by atoms with Gasteiger partial charge in [-0.25, -0.2) is 4.98 Å². The van der Waals surface area contributed by atoms with Crippen molar-refractivity contribution in [3.63, 3.8) is 0 Å². The van der Waals surface area contributed by atoms with Gasteiger partial charge in [0.2, 0.25) is 0 Å². The zero-order valence-electron chi connectivity index (χ0n) is 13.0. The second-order valence-electron chi connectivity index (χ2n) is 5.20. The SMILES string of the molecule is O=C(NNC(=S)Nc1ccc(C(F)(F)F)cc1)c1cn2ccccc2n1. The van der Waals surface area contributed by atoms with Crippen LogP contribution in [-0.4, -0.2) is 20.4 Å². The lowest BCUT2D eigenvalue weighted by Crippen LogP contribution is -2.43. The van der Waals surface area contributed by atoms with Crippen LogP contribution in [-0.2, 0) is 6.18 Å². The highest BCUT2D eigenvalue weighted by atomic mass is 32.1. The number of anilines is 1. The van der Waals surface area contributed by atoms with E-state index < -0.39 is 17.6 Å². The highest BCUT2D eigenvalue weighted by Gasteiger charge is 2.29. The molecule has 0 atom stereocenters. The maximum Gasteiger partial charge on any atom is 0.416 e. The Morgan fingerprint density at radius 3 is 2.46 bits per heavy atom. The maximum absolute atomic E-state index is 12.5. The van der Waals surface area contributed by atoms with Gasteiger partial charge in [0.1, 0.15) is 11.3 Å². The van der Waals surface area contributed by atoms with Gasteiger partial charge in [-0.1, -0.05) is 6.07 Å². The van der Waals surface area contributed by atoms with E-state index >= 15 is 0 Å². The van der Waals surface area contributed by atoms with E-state index in [4.69, 9.17) is 12.2 Å². The van der Waals surface area contributed by atoms with E-state index in [1.54, 1.807) is 35.0 Å². The van der Waals surface area contributed by atoms with Crippen molar-refractivity contribution in [2.45, 2.75) is 6.18 Å². The molecule has 2 heterocycles. The van der Waals surface area contributed by atoms with Crippen LogP contribution in [0.25, 0.3) is 5.65 Å². The van der Waals surface area contributed by atoms with Crippen LogP contribution >= 0.6 is 12.2 Å². The number of fused-ring (bicyclic) bond motifs is 1. The molecule has 0 fully saturated rings. The fourth-order valence-corrected chi connectivity index (χ4v) is 2.30. The van der Waals surface area contributed by atoms with E-state index in [-0.39, 0.29) is 10.8 Å². The lowest BCUT2D eigenvalue weighted by atomic mass is 10.2. The fraction of sp³-hybridized carbons (Fsp3) is 0.0625. The fourth-order valence-electron chi connectivity index (χ4n) is 2.13. The summed E-state index contributed by atoms with van der Waals surface area (Å²) in [6.07, 6.45) is -1.10. The van der Waals surface area contributed by atoms with Crippen molar-refractivity contribution in [3.05, 3.63) is 66.1 Å². The van der Waals surface area contributed by atoms with Crippen LogP contribution < -0.4 is 16.2 Å². The molecule has 134 valence electrons. The lowest BCUT2D eigenvalue weighted by molar-refractivity contribution is -0.137. The topological polar surface area (TPSA) is 70.5 Å². The summed E-state index contributed by atoms with van der Waals surface area (Å²) in [7, 11) is 0. The molecule has 3 N–H and O–H groups in total. The number of carbonyl (C=O) groups excluding carboxylic acids is 1. The van der Waals surface area contributed by atoms with Crippen molar-refractivity contribution >= 4 is 34.6 Å². The Bertz CT molecular complexity index is 919. The summed E-state index contributed by atoms with van der Waals surface area (Å²) in [5.41, 5.74) is 5.21. The average Bonchev–Trinajstić information content (AvgIpc) is 3.03. The zero-order valence-corrected chi connectivity index (χ0v) is 13.9. The first kappa shape index (κ1) is 17.7. The number of amides is 1. The van der Waals surface area contributed by atoms with Crippen LogP contribution in [0, 0.1) is 0 Å². The molecular formula is C16H12F3N5OS. The Hall–Kier alpha value is -3.14. The molecule has 1 aromatic carbocycles. The summed E-state index contributed by atoms with van der Waals surface area (Å²) in [4.78, 5) is 16.2.